The lowest BCUT2D eigenvalue weighted by Gasteiger charge is -2.03. The molecule has 0 saturated carbocycles. The Bertz CT molecular complexity index is 662. The van der Waals surface area contributed by atoms with E-state index in [-0.39, 0.29) is 0 Å². The van der Waals surface area contributed by atoms with Crippen LogP contribution < -0.4 is 0 Å². The number of fused-ring (bicyclic) bond motifs is 1. The van der Waals surface area contributed by atoms with Crippen LogP contribution in [0, 0.1) is 13.8 Å². The van der Waals surface area contributed by atoms with Crippen LogP contribution >= 0.6 is 11.8 Å². The number of aromatic nitrogens is 2. The summed E-state index contributed by atoms with van der Waals surface area (Å²) in [6.45, 7) is 4.28. The predicted octanol–water partition coefficient (Wildman–Crippen LogP) is 4.47. The molecule has 3 heteroatoms. The van der Waals surface area contributed by atoms with Gasteiger partial charge in [-0.1, -0.05) is 53.2 Å². The lowest BCUT2D eigenvalue weighted by atomic mass is 10.1. The van der Waals surface area contributed by atoms with Crippen LogP contribution in [0.3, 0.4) is 0 Å². The molecule has 96 valence electrons. The molecule has 3 rings (SSSR count). The molecule has 1 N–H and O–H groups in total. The van der Waals surface area contributed by atoms with Crippen molar-refractivity contribution in [3.8, 4) is 0 Å². The second kappa shape index (κ2) is 5.10. The molecule has 0 bridgehead atoms. The molecule has 0 fully saturated rings. The Morgan fingerprint density at radius 1 is 1.05 bits per heavy atom. The molecule has 0 radical (unpaired) electrons. The fourth-order valence-electron chi connectivity index (χ4n) is 2.30. The van der Waals surface area contributed by atoms with Gasteiger partial charge in [-0.15, -0.1) is 0 Å². The number of benzene rings is 2. The van der Waals surface area contributed by atoms with Crippen molar-refractivity contribution in [2.24, 2.45) is 0 Å². The van der Waals surface area contributed by atoms with Gasteiger partial charge in [0.25, 0.3) is 0 Å². The number of hydrogen-bond acceptors (Lipinski definition) is 2. The molecule has 3 aromatic rings. The summed E-state index contributed by atoms with van der Waals surface area (Å²) in [7, 11) is 0. The third kappa shape index (κ3) is 2.82. The lowest BCUT2D eigenvalue weighted by Crippen LogP contribution is -1.85. The summed E-state index contributed by atoms with van der Waals surface area (Å²) in [5.74, 6) is 0.947. The highest BCUT2D eigenvalue weighted by atomic mass is 32.2. The Labute approximate surface area is 117 Å². The van der Waals surface area contributed by atoms with Crippen molar-refractivity contribution in [2.75, 3.05) is 0 Å². The van der Waals surface area contributed by atoms with Crippen molar-refractivity contribution in [2.45, 2.75) is 24.8 Å². The minimum Gasteiger partial charge on any atom is -0.333 e. The van der Waals surface area contributed by atoms with Crippen LogP contribution in [0.25, 0.3) is 11.0 Å². The van der Waals surface area contributed by atoms with Crippen molar-refractivity contribution in [3.05, 3.63) is 59.2 Å². The van der Waals surface area contributed by atoms with Gasteiger partial charge < -0.3 is 4.98 Å². The van der Waals surface area contributed by atoms with Gasteiger partial charge in [-0.05, 0) is 31.5 Å². The second-order valence-corrected chi connectivity index (χ2v) is 5.81. The van der Waals surface area contributed by atoms with Gasteiger partial charge in [0.15, 0.2) is 5.16 Å². The van der Waals surface area contributed by atoms with E-state index in [0.717, 1.165) is 21.9 Å². The van der Waals surface area contributed by atoms with Crippen LogP contribution in [-0.4, -0.2) is 9.97 Å². The molecule has 1 heterocycles. The topological polar surface area (TPSA) is 28.7 Å². The van der Waals surface area contributed by atoms with Crippen molar-refractivity contribution in [3.63, 3.8) is 0 Å². The van der Waals surface area contributed by atoms with Gasteiger partial charge in [0.2, 0.25) is 0 Å². The van der Waals surface area contributed by atoms with Gasteiger partial charge in [0.05, 0.1) is 11.0 Å². The van der Waals surface area contributed by atoms with E-state index in [2.05, 4.69) is 48.1 Å². The molecule has 2 aromatic carbocycles. The number of aromatic amines is 1. The van der Waals surface area contributed by atoms with Crippen molar-refractivity contribution < 1.29 is 0 Å². The molecule has 0 unspecified atom stereocenters. The molecule has 0 atom stereocenters. The fraction of sp³-hybridized carbons (Fsp3) is 0.188. The van der Waals surface area contributed by atoms with Crippen LogP contribution in [0.4, 0.5) is 0 Å². The van der Waals surface area contributed by atoms with Gasteiger partial charge in [-0.2, -0.15) is 0 Å². The number of para-hydroxylation sites is 2. The number of hydrogen-bond donors (Lipinski definition) is 1. The molecular weight excluding hydrogens is 252 g/mol. The average Bonchev–Trinajstić information content (AvgIpc) is 2.78. The zero-order valence-corrected chi connectivity index (χ0v) is 11.9. The standard InChI is InChI=1S/C16H16N2S/c1-11-7-12(2)9-13(8-11)10-19-16-17-14-5-3-4-6-15(14)18-16/h3-9H,10H2,1-2H3,(H,17,18). The first-order valence-electron chi connectivity index (χ1n) is 6.35. The molecule has 0 aliphatic carbocycles. The van der Waals surface area contributed by atoms with Gasteiger partial charge >= 0.3 is 0 Å². The van der Waals surface area contributed by atoms with Crippen LogP contribution in [0.2, 0.25) is 0 Å². The number of H-pyrrole nitrogens is 1. The highest BCUT2D eigenvalue weighted by Crippen LogP contribution is 2.23. The monoisotopic (exact) mass is 268 g/mol. The van der Waals surface area contributed by atoms with Gasteiger partial charge in [0, 0.05) is 5.75 Å². The molecule has 2 nitrogen and oxygen atoms in total. The first-order chi connectivity index (χ1) is 9.20. The molecule has 19 heavy (non-hydrogen) atoms. The van der Waals surface area contributed by atoms with E-state index in [1.165, 1.54) is 16.7 Å². The third-order valence-electron chi connectivity index (χ3n) is 3.02. The number of nitrogens with zero attached hydrogens (tertiary/aromatic N) is 1. The van der Waals surface area contributed by atoms with Crippen LogP contribution in [0.1, 0.15) is 16.7 Å². The predicted molar refractivity (Wildman–Crippen MR) is 81.6 cm³/mol. The maximum Gasteiger partial charge on any atom is 0.166 e. The summed E-state index contributed by atoms with van der Waals surface area (Å²) < 4.78 is 0. The molecule has 0 spiro atoms. The maximum atomic E-state index is 4.58. The number of nitrogens with one attached hydrogen (secondary N) is 1. The van der Waals surface area contributed by atoms with Gasteiger partial charge in [-0.3, -0.25) is 0 Å². The summed E-state index contributed by atoms with van der Waals surface area (Å²) in [6, 6.07) is 14.8. The zero-order chi connectivity index (χ0) is 13.2. The highest BCUT2D eigenvalue weighted by Gasteiger charge is 2.03. The summed E-state index contributed by atoms with van der Waals surface area (Å²) >= 11 is 1.75. The van der Waals surface area contributed by atoms with Crippen molar-refractivity contribution in [1.29, 1.82) is 0 Å². The molecular formula is C16H16N2S. The molecule has 0 saturated heterocycles. The highest BCUT2D eigenvalue weighted by molar-refractivity contribution is 7.98. The van der Waals surface area contributed by atoms with E-state index in [1.54, 1.807) is 11.8 Å². The lowest BCUT2D eigenvalue weighted by molar-refractivity contribution is 1.08. The van der Waals surface area contributed by atoms with Crippen LogP contribution in [-0.2, 0) is 5.75 Å². The van der Waals surface area contributed by atoms with Crippen LogP contribution in [0.15, 0.2) is 47.6 Å². The second-order valence-electron chi connectivity index (χ2n) is 4.84. The minimum absolute atomic E-state index is 0.947. The SMILES string of the molecule is Cc1cc(C)cc(CSc2nc3ccccc3[nH]2)c1. The average molecular weight is 268 g/mol. The number of aryl methyl sites for hydroxylation is 2. The minimum atomic E-state index is 0.947. The van der Waals surface area contributed by atoms with Crippen molar-refractivity contribution >= 4 is 22.8 Å². The number of imidazole rings is 1. The van der Waals surface area contributed by atoms with E-state index in [0.29, 0.717) is 0 Å². The van der Waals surface area contributed by atoms with E-state index in [9.17, 15) is 0 Å². The summed E-state index contributed by atoms with van der Waals surface area (Å²) in [4.78, 5) is 7.93. The molecule has 0 amide bonds. The van der Waals surface area contributed by atoms with E-state index < -0.39 is 0 Å². The van der Waals surface area contributed by atoms with Gasteiger partial charge in [-0.25, -0.2) is 4.98 Å². The normalized spacial score (nSPS) is 11.1. The third-order valence-corrected chi connectivity index (χ3v) is 3.97. The Morgan fingerprint density at radius 3 is 2.53 bits per heavy atom. The Hall–Kier alpha value is -1.74. The van der Waals surface area contributed by atoms with Gasteiger partial charge in [0.1, 0.15) is 0 Å². The largest absolute Gasteiger partial charge is 0.333 e. The van der Waals surface area contributed by atoms with Crippen molar-refractivity contribution in [1.82, 2.24) is 9.97 Å². The number of rotatable bonds is 3. The molecule has 1 aromatic heterocycles. The Kier molecular flexibility index (Phi) is 3.30. The van der Waals surface area contributed by atoms with E-state index >= 15 is 0 Å². The quantitative estimate of drug-likeness (QED) is 0.710. The smallest absolute Gasteiger partial charge is 0.166 e. The zero-order valence-electron chi connectivity index (χ0n) is 11.1. The number of thioether (sulfide) groups is 1. The molecule has 0 aliphatic heterocycles. The fourth-order valence-corrected chi connectivity index (χ4v) is 3.12. The van der Waals surface area contributed by atoms with E-state index in [1.807, 2.05) is 18.2 Å². The summed E-state index contributed by atoms with van der Waals surface area (Å²) in [6.07, 6.45) is 0. The summed E-state index contributed by atoms with van der Waals surface area (Å²) in [5.41, 5.74) is 6.12. The Balaban J connectivity index is 1.78. The first-order valence-corrected chi connectivity index (χ1v) is 7.34. The maximum absolute atomic E-state index is 4.58. The summed E-state index contributed by atoms with van der Waals surface area (Å²) in [5, 5.41) is 0.986. The van der Waals surface area contributed by atoms with Crippen LogP contribution in [0.5, 0.6) is 0 Å². The van der Waals surface area contributed by atoms with E-state index in [4.69, 9.17) is 0 Å². The molecule has 0 aliphatic rings. The Morgan fingerprint density at radius 2 is 1.79 bits per heavy atom. The first kappa shape index (κ1) is 12.3.